The van der Waals surface area contributed by atoms with Crippen LogP contribution in [0.4, 0.5) is 0 Å². The van der Waals surface area contributed by atoms with E-state index in [1.54, 1.807) is 0 Å². The van der Waals surface area contributed by atoms with Crippen LogP contribution in [0.25, 0.3) is 0 Å². The average molecular weight is 982 g/mol. The summed E-state index contributed by atoms with van der Waals surface area (Å²) in [5.74, 6) is -1.02. The molecule has 0 aromatic carbocycles. The van der Waals surface area contributed by atoms with Gasteiger partial charge in [0, 0.05) is 19.3 Å². The summed E-state index contributed by atoms with van der Waals surface area (Å²) in [7, 11) is 0. The van der Waals surface area contributed by atoms with Crippen LogP contribution in [-0.4, -0.2) is 37.2 Å². The third-order valence-corrected chi connectivity index (χ3v) is 11.6. The highest BCUT2D eigenvalue weighted by Crippen LogP contribution is 2.13. The van der Waals surface area contributed by atoms with E-state index in [9.17, 15) is 14.4 Å². The molecule has 6 heteroatoms. The zero-order valence-corrected chi connectivity index (χ0v) is 45.7. The summed E-state index contributed by atoms with van der Waals surface area (Å²) in [5.41, 5.74) is 0. The molecular weight excluding hydrogens is 877 g/mol. The highest BCUT2D eigenvalue weighted by Gasteiger charge is 2.19. The molecule has 0 radical (unpaired) electrons. The Balaban J connectivity index is 4.57. The van der Waals surface area contributed by atoms with Gasteiger partial charge in [0.2, 0.25) is 0 Å². The van der Waals surface area contributed by atoms with Crippen LogP contribution >= 0.6 is 0 Å². The molecule has 0 aliphatic heterocycles. The molecule has 0 aromatic heterocycles. The Morgan fingerprint density at radius 1 is 0.296 bits per heavy atom. The predicted molar refractivity (Wildman–Crippen MR) is 306 cm³/mol. The van der Waals surface area contributed by atoms with E-state index < -0.39 is 6.10 Å². The van der Waals surface area contributed by atoms with Gasteiger partial charge in [0.05, 0.1) is 0 Å². The number of hydrogen-bond acceptors (Lipinski definition) is 6. The lowest BCUT2D eigenvalue weighted by molar-refractivity contribution is -0.167. The normalized spacial score (nSPS) is 13.1. The van der Waals surface area contributed by atoms with Gasteiger partial charge in [-0.15, -0.1) is 0 Å². The van der Waals surface area contributed by atoms with E-state index >= 15 is 0 Å². The van der Waals surface area contributed by atoms with Crippen LogP contribution < -0.4 is 0 Å². The van der Waals surface area contributed by atoms with Crippen molar-refractivity contribution in [3.8, 4) is 0 Å². The van der Waals surface area contributed by atoms with E-state index in [0.29, 0.717) is 19.3 Å². The van der Waals surface area contributed by atoms with Crippen molar-refractivity contribution >= 4 is 17.9 Å². The Morgan fingerprint density at radius 2 is 0.563 bits per heavy atom. The molecular formula is C65H104O6. The van der Waals surface area contributed by atoms with E-state index in [1.807, 2.05) is 0 Å². The minimum absolute atomic E-state index is 0.120. The zero-order valence-electron chi connectivity index (χ0n) is 45.7. The summed E-state index contributed by atoms with van der Waals surface area (Å²) in [6.07, 6.45) is 81.5. The standard InChI is InChI=1S/C65H104O6/c1-4-7-10-13-16-19-22-25-28-31-32-35-37-40-43-46-49-52-55-58-64(67)70-61-62(71-65(68)59-56-53-50-47-44-41-38-34-30-27-24-21-18-15-12-9-6-3)60-69-63(66)57-54-51-48-45-42-39-36-33-29-26-23-20-17-14-11-8-5-2/h9,12,16-21,25-30,32,35,38,40-41,43,47,50,62H,4-8,10-11,13-15,22-24,31,33-34,36-37,39,42,44-46,48-49,51-61H2,1-3H3/b12-9+,19-16+,20-17+,21-18+,28-25+,29-26+,30-27+,35-32+,41-38+,43-40+,50-47+/t62-/m1/s1. The van der Waals surface area contributed by atoms with Crippen molar-refractivity contribution in [3.05, 3.63) is 134 Å². The molecule has 0 fully saturated rings. The monoisotopic (exact) mass is 981 g/mol. The first-order chi connectivity index (χ1) is 35.0. The van der Waals surface area contributed by atoms with Crippen molar-refractivity contribution in [2.24, 2.45) is 0 Å². The van der Waals surface area contributed by atoms with Gasteiger partial charge < -0.3 is 14.2 Å². The van der Waals surface area contributed by atoms with Gasteiger partial charge >= 0.3 is 17.9 Å². The molecule has 0 rings (SSSR count). The Morgan fingerprint density at radius 3 is 0.915 bits per heavy atom. The van der Waals surface area contributed by atoms with Crippen molar-refractivity contribution < 1.29 is 28.6 Å². The molecule has 6 nitrogen and oxygen atoms in total. The van der Waals surface area contributed by atoms with Gasteiger partial charge in [-0.25, -0.2) is 0 Å². The Hall–Kier alpha value is -4.45. The van der Waals surface area contributed by atoms with Crippen LogP contribution in [-0.2, 0) is 28.6 Å². The molecule has 0 heterocycles. The van der Waals surface area contributed by atoms with E-state index in [0.717, 1.165) is 116 Å². The molecule has 0 aliphatic carbocycles. The largest absolute Gasteiger partial charge is 0.462 e. The predicted octanol–water partition coefficient (Wildman–Crippen LogP) is 19.4. The highest BCUT2D eigenvalue weighted by molar-refractivity contribution is 5.71. The highest BCUT2D eigenvalue weighted by atomic mass is 16.6. The van der Waals surface area contributed by atoms with Gasteiger partial charge in [-0.3, -0.25) is 14.4 Å². The average Bonchev–Trinajstić information content (AvgIpc) is 3.37. The van der Waals surface area contributed by atoms with Crippen LogP contribution in [0.3, 0.4) is 0 Å². The molecule has 0 spiro atoms. The van der Waals surface area contributed by atoms with Gasteiger partial charge in [-0.05, 0) is 135 Å². The molecule has 0 unspecified atom stereocenters. The Bertz CT molecular complexity index is 1550. The fourth-order valence-electron chi connectivity index (χ4n) is 7.31. The second-order valence-electron chi connectivity index (χ2n) is 18.5. The van der Waals surface area contributed by atoms with E-state index in [-0.39, 0.29) is 37.5 Å². The number of carbonyl (C=O) groups is 3. The van der Waals surface area contributed by atoms with Crippen molar-refractivity contribution in [3.63, 3.8) is 0 Å². The smallest absolute Gasteiger partial charge is 0.306 e. The minimum atomic E-state index is -0.830. The summed E-state index contributed by atoms with van der Waals surface area (Å²) in [5, 5.41) is 0. The lowest BCUT2D eigenvalue weighted by Crippen LogP contribution is -2.30. The fraction of sp³-hybridized carbons (Fsp3) is 0.615. The number of esters is 3. The SMILES string of the molecule is CC/C=C/C/C=C/C/C=C/C/C=C/C/C=C/CCCC(=O)O[C@@H](COC(=O)CCCCC/C=C/C/C=C/C/C=C/C/C=C/CCCCC)COC(=O)CCCCCCCCC/C=C/C/C=C/CCCCC. The minimum Gasteiger partial charge on any atom is -0.462 e. The lowest BCUT2D eigenvalue weighted by atomic mass is 10.1. The zero-order chi connectivity index (χ0) is 51.4. The second kappa shape index (κ2) is 58.1. The summed E-state index contributed by atoms with van der Waals surface area (Å²) >= 11 is 0. The number of rotatable bonds is 50. The van der Waals surface area contributed by atoms with Crippen LogP contribution in [0.1, 0.15) is 239 Å². The van der Waals surface area contributed by atoms with Crippen molar-refractivity contribution in [1.29, 1.82) is 0 Å². The first-order valence-electron chi connectivity index (χ1n) is 28.7. The number of ether oxygens (including phenoxy) is 3. The lowest BCUT2D eigenvalue weighted by Gasteiger charge is -2.18. The van der Waals surface area contributed by atoms with Crippen molar-refractivity contribution in [1.82, 2.24) is 0 Å². The van der Waals surface area contributed by atoms with Crippen LogP contribution in [0.2, 0.25) is 0 Å². The maximum atomic E-state index is 12.8. The Kier molecular flexibility index (Phi) is 54.5. The number of allylic oxidation sites excluding steroid dienone is 22. The summed E-state index contributed by atoms with van der Waals surface area (Å²) in [6.45, 7) is 6.38. The number of carbonyl (C=O) groups excluding carboxylic acids is 3. The quantitative estimate of drug-likeness (QED) is 0.0262. The molecule has 1 atom stereocenters. The molecule has 400 valence electrons. The van der Waals surface area contributed by atoms with Crippen molar-refractivity contribution in [2.75, 3.05) is 13.2 Å². The van der Waals surface area contributed by atoms with E-state index in [1.165, 1.54) is 77.0 Å². The molecule has 0 aromatic rings. The molecule has 0 aliphatic rings. The summed E-state index contributed by atoms with van der Waals surface area (Å²) in [6, 6.07) is 0. The van der Waals surface area contributed by atoms with Gasteiger partial charge in [0.25, 0.3) is 0 Å². The molecule has 0 bridgehead atoms. The molecule has 0 saturated carbocycles. The van der Waals surface area contributed by atoms with E-state index in [2.05, 4.69) is 154 Å². The van der Waals surface area contributed by atoms with Gasteiger partial charge in [-0.1, -0.05) is 219 Å². The molecule has 71 heavy (non-hydrogen) atoms. The number of hydrogen-bond donors (Lipinski definition) is 0. The molecule has 0 amide bonds. The second-order valence-corrected chi connectivity index (χ2v) is 18.5. The molecule has 0 saturated heterocycles. The molecule has 0 N–H and O–H groups in total. The van der Waals surface area contributed by atoms with Gasteiger partial charge in [-0.2, -0.15) is 0 Å². The number of unbranched alkanes of at least 4 members (excludes halogenated alkanes) is 17. The van der Waals surface area contributed by atoms with Gasteiger partial charge in [0.1, 0.15) is 13.2 Å². The summed E-state index contributed by atoms with van der Waals surface area (Å²) < 4.78 is 16.8. The fourth-order valence-corrected chi connectivity index (χ4v) is 7.31. The summed E-state index contributed by atoms with van der Waals surface area (Å²) in [4.78, 5) is 38.2. The van der Waals surface area contributed by atoms with Crippen LogP contribution in [0, 0.1) is 0 Å². The van der Waals surface area contributed by atoms with Crippen molar-refractivity contribution in [2.45, 2.75) is 245 Å². The first kappa shape index (κ1) is 66.6. The maximum absolute atomic E-state index is 12.8. The third kappa shape index (κ3) is 56.3. The third-order valence-electron chi connectivity index (χ3n) is 11.6. The van der Waals surface area contributed by atoms with E-state index in [4.69, 9.17) is 14.2 Å². The first-order valence-corrected chi connectivity index (χ1v) is 28.7. The Labute approximate surface area is 436 Å². The van der Waals surface area contributed by atoms with Crippen LogP contribution in [0.15, 0.2) is 134 Å². The maximum Gasteiger partial charge on any atom is 0.306 e. The topological polar surface area (TPSA) is 78.9 Å². The van der Waals surface area contributed by atoms with Crippen LogP contribution in [0.5, 0.6) is 0 Å². The van der Waals surface area contributed by atoms with Gasteiger partial charge in [0.15, 0.2) is 6.10 Å².